The summed E-state index contributed by atoms with van der Waals surface area (Å²) >= 11 is 0. The molecule has 190 valence electrons. The number of rotatable bonds is 2. The lowest BCUT2D eigenvalue weighted by Gasteiger charge is -2.24. The summed E-state index contributed by atoms with van der Waals surface area (Å²) in [5.74, 6) is 1.82. The first-order valence-electron chi connectivity index (χ1n) is 14.1. The highest BCUT2D eigenvalue weighted by Gasteiger charge is 2.23. The molecule has 1 aliphatic heterocycles. The third kappa shape index (κ3) is 3.36. The van der Waals surface area contributed by atoms with Crippen LogP contribution in [-0.2, 0) is 0 Å². The van der Waals surface area contributed by atoms with Crippen LogP contribution in [0.2, 0.25) is 0 Å². The van der Waals surface area contributed by atoms with Crippen molar-refractivity contribution in [1.82, 2.24) is 0 Å². The Balaban J connectivity index is 1.34. The van der Waals surface area contributed by atoms with Gasteiger partial charge in [0.2, 0.25) is 0 Å². The van der Waals surface area contributed by atoms with Crippen LogP contribution < -0.4 is 4.74 Å². The molecule has 8 aromatic carbocycles. The molecule has 0 aromatic heterocycles. The zero-order valence-corrected chi connectivity index (χ0v) is 22.3. The van der Waals surface area contributed by atoms with E-state index < -0.39 is 0 Å². The molecule has 1 nitrogen and oxygen atoms in total. The average molecular weight is 521 g/mol. The molecule has 0 aliphatic carbocycles. The highest BCUT2D eigenvalue weighted by molar-refractivity contribution is 6.25. The Morgan fingerprint density at radius 1 is 0.317 bits per heavy atom. The lowest BCUT2D eigenvalue weighted by Crippen LogP contribution is -1.98. The van der Waals surface area contributed by atoms with Gasteiger partial charge in [-0.3, -0.25) is 0 Å². The second-order valence-corrected chi connectivity index (χ2v) is 10.9. The molecule has 0 N–H and O–H groups in total. The minimum absolute atomic E-state index is 0.905. The van der Waals surface area contributed by atoms with Crippen molar-refractivity contribution >= 4 is 43.1 Å². The van der Waals surface area contributed by atoms with E-state index >= 15 is 0 Å². The Morgan fingerprint density at radius 2 is 1.02 bits per heavy atom. The summed E-state index contributed by atoms with van der Waals surface area (Å²) in [6.07, 6.45) is 0. The van der Waals surface area contributed by atoms with Crippen molar-refractivity contribution in [3.63, 3.8) is 0 Å². The van der Waals surface area contributed by atoms with Crippen LogP contribution in [0.5, 0.6) is 11.5 Å². The lowest BCUT2D eigenvalue weighted by molar-refractivity contribution is 0.487. The molecule has 0 saturated carbocycles. The van der Waals surface area contributed by atoms with Crippen LogP contribution >= 0.6 is 0 Å². The maximum atomic E-state index is 6.61. The lowest BCUT2D eigenvalue weighted by atomic mass is 9.86. The molecule has 0 fully saturated rings. The normalized spacial score (nSPS) is 12.1. The SMILES string of the molecule is c1ccc(-c2ccc3c(c2)Oc2cccc4c2c-3cc2c3ccccc3c(-c3ccc5ccccc5c3)cc42)cc1. The fraction of sp³-hybridized carbons (Fsp3) is 0. The van der Waals surface area contributed by atoms with E-state index in [1.165, 1.54) is 65.3 Å². The molecule has 1 aliphatic rings. The number of fused-ring (bicyclic) bond motifs is 7. The molecule has 9 rings (SSSR count). The van der Waals surface area contributed by atoms with Crippen molar-refractivity contribution in [2.24, 2.45) is 0 Å². The Bertz CT molecular complexity index is 2330. The zero-order valence-electron chi connectivity index (χ0n) is 22.3. The van der Waals surface area contributed by atoms with E-state index in [1.807, 2.05) is 0 Å². The van der Waals surface area contributed by atoms with Crippen molar-refractivity contribution in [3.05, 3.63) is 146 Å². The van der Waals surface area contributed by atoms with Gasteiger partial charge in [-0.25, -0.2) is 0 Å². The van der Waals surface area contributed by atoms with Crippen molar-refractivity contribution in [2.75, 3.05) is 0 Å². The van der Waals surface area contributed by atoms with Crippen LogP contribution in [0, 0.1) is 0 Å². The second kappa shape index (κ2) is 8.55. The highest BCUT2D eigenvalue weighted by atomic mass is 16.5. The molecular weight excluding hydrogens is 496 g/mol. The smallest absolute Gasteiger partial charge is 0.135 e. The third-order valence-electron chi connectivity index (χ3n) is 8.62. The van der Waals surface area contributed by atoms with E-state index in [0.717, 1.165) is 22.6 Å². The fourth-order valence-corrected chi connectivity index (χ4v) is 6.68. The van der Waals surface area contributed by atoms with E-state index in [1.54, 1.807) is 0 Å². The monoisotopic (exact) mass is 520 g/mol. The Hall–Kier alpha value is -5.40. The predicted molar refractivity (Wildman–Crippen MR) is 173 cm³/mol. The summed E-state index contributed by atoms with van der Waals surface area (Å²) in [4.78, 5) is 0. The van der Waals surface area contributed by atoms with Crippen LogP contribution in [0.4, 0.5) is 0 Å². The number of benzene rings is 8. The standard InChI is InChI=1S/C40H24O/c1-2-9-25(10-3-1)28-19-20-32-37-24-35-31-14-7-6-13-30(31)34(29-18-17-26-11-4-5-12-27(26)21-29)23-36(35)33-15-8-16-38(40(33)37)41-39(32)22-28/h1-24H. The van der Waals surface area contributed by atoms with E-state index in [2.05, 4.69) is 146 Å². The molecule has 0 radical (unpaired) electrons. The van der Waals surface area contributed by atoms with Gasteiger partial charge in [0, 0.05) is 10.9 Å². The van der Waals surface area contributed by atoms with Crippen molar-refractivity contribution in [1.29, 1.82) is 0 Å². The largest absolute Gasteiger partial charge is 0.456 e. The first-order valence-corrected chi connectivity index (χ1v) is 14.1. The Morgan fingerprint density at radius 3 is 1.93 bits per heavy atom. The van der Waals surface area contributed by atoms with Gasteiger partial charge in [0.15, 0.2) is 0 Å². The summed E-state index contributed by atoms with van der Waals surface area (Å²) in [5, 5.41) is 9.97. The fourth-order valence-electron chi connectivity index (χ4n) is 6.68. The van der Waals surface area contributed by atoms with Gasteiger partial charge in [-0.1, -0.05) is 109 Å². The van der Waals surface area contributed by atoms with Gasteiger partial charge < -0.3 is 4.74 Å². The summed E-state index contributed by atoms with van der Waals surface area (Å²) in [6, 6.07) is 52.6. The number of ether oxygens (including phenoxy) is 1. The van der Waals surface area contributed by atoms with Gasteiger partial charge in [0.1, 0.15) is 11.5 Å². The zero-order chi connectivity index (χ0) is 26.9. The van der Waals surface area contributed by atoms with E-state index in [0.29, 0.717) is 0 Å². The third-order valence-corrected chi connectivity index (χ3v) is 8.62. The topological polar surface area (TPSA) is 9.23 Å². The molecular formula is C40H24O. The molecule has 1 heteroatoms. The molecule has 1 heterocycles. The van der Waals surface area contributed by atoms with Gasteiger partial charge in [-0.15, -0.1) is 0 Å². The van der Waals surface area contributed by atoms with Crippen molar-refractivity contribution < 1.29 is 4.74 Å². The first kappa shape index (κ1) is 22.4. The Kier molecular flexibility index (Phi) is 4.67. The molecule has 0 bridgehead atoms. The van der Waals surface area contributed by atoms with Crippen LogP contribution in [0.25, 0.3) is 76.5 Å². The van der Waals surface area contributed by atoms with Crippen LogP contribution in [0.1, 0.15) is 0 Å². The number of hydrogen-bond donors (Lipinski definition) is 0. The molecule has 8 aromatic rings. The summed E-state index contributed by atoms with van der Waals surface area (Å²) in [6.45, 7) is 0. The minimum Gasteiger partial charge on any atom is -0.456 e. The quantitative estimate of drug-likeness (QED) is 0.206. The van der Waals surface area contributed by atoms with E-state index in [4.69, 9.17) is 4.74 Å². The molecule has 0 unspecified atom stereocenters. The maximum absolute atomic E-state index is 6.61. The highest BCUT2D eigenvalue weighted by Crippen LogP contribution is 2.51. The predicted octanol–water partition coefficient (Wildman–Crippen LogP) is 11.4. The number of hydrogen-bond acceptors (Lipinski definition) is 1. The summed E-state index contributed by atoms with van der Waals surface area (Å²) in [7, 11) is 0. The Labute approximate surface area is 237 Å². The van der Waals surface area contributed by atoms with Gasteiger partial charge in [-0.05, 0) is 102 Å². The van der Waals surface area contributed by atoms with Crippen LogP contribution in [-0.4, -0.2) is 0 Å². The maximum Gasteiger partial charge on any atom is 0.135 e. The van der Waals surface area contributed by atoms with Crippen LogP contribution in [0.3, 0.4) is 0 Å². The molecule has 41 heavy (non-hydrogen) atoms. The van der Waals surface area contributed by atoms with Gasteiger partial charge >= 0.3 is 0 Å². The molecule has 0 spiro atoms. The van der Waals surface area contributed by atoms with Crippen molar-refractivity contribution in [3.8, 4) is 44.9 Å². The van der Waals surface area contributed by atoms with Crippen LogP contribution in [0.15, 0.2) is 146 Å². The molecule has 0 saturated heterocycles. The van der Waals surface area contributed by atoms with E-state index in [-0.39, 0.29) is 0 Å². The van der Waals surface area contributed by atoms with Crippen molar-refractivity contribution in [2.45, 2.75) is 0 Å². The first-order chi connectivity index (χ1) is 20.3. The van der Waals surface area contributed by atoms with E-state index in [9.17, 15) is 0 Å². The summed E-state index contributed by atoms with van der Waals surface area (Å²) < 4.78 is 6.61. The average Bonchev–Trinajstić information content (AvgIpc) is 3.04. The summed E-state index contributed by atoms with van der Waals surface area (Å²) in [5.41, 5.74) is 7.20. The van der Waals surface area contributed by atoms with Gasteiger partial charge in [0.05, 0.1) is 0 Å². The van der Waals surface area contributed by atoms with Gasteiger partial charge in [-0.2, -0.15) is 0 Å². The van der Waals surface area contributed by atoms with Gasteiger partial charge in [0.25, 0.3) is 0 Å². The molecule has 0 amide bonds. The minimum atomic E-state index is 0.905. The molecule has 0 atom stereocenters. The second-order valence-electron chi connectivity index (χ2n) is 10.9.